The predicted molar refractivity (Wildman–Crippen MR) is 96.7 cm³/mol. The maximum atomic E-state index is 5.83. The molecule has 0 amide bonds. The molecular formula is C18H14N2O2S2. The average Bonchev–Trinajstić information content (AvgIpc) is 3.35. The lowest BCUT2D eigenvalue weighted by Gasteiger charge is -2.01. The van der Waals surface area contributed by atoms with E-state index in [0.29, 0.717) is 18.2 Å². The Kier molecular flexibility index (Phi) is 4.15. The lowest BCUT2D eigenvalue weighted by molar-refractivity contribution is 0.414. The van der Waals surface area contributed by atoms with Crippen LogP contribution in [0, 0.1) is 0 Å². The summed E-state index contributed by atoms with van der Waals surface area (Å²) in [4.78, 5) is 3.46. The molecule has 120 valence electrons. The highest BCUT2D eigenvalue weighted by Crippen LogP contribution is 2.36. The molecule has 3 heterocycles. The fourth-order valence-corrected chi connectivity index (χ4v) is 4.15. The van der Waals surface area contributed by atoms with Gasteiger partial charge in [0.15, 0.2) is 0 Å². The Hall–Kier alpha value is -2.44. The van der Waals surface area contributed by atoms with E-state index in [1.54, 1.807) is 29.8 Å². The second kappa shape index (κ2) is 6.59. The van der Waals surface area contributed by atoms with Crippen LogP contribution >= 0.6 is 22.7 Å². The van der Waals surface area contributed by atoms with Crippen molar-refractivity contribution < 1.29 is 9.15 Å². The summed E-state index contributed by atoms with van der Waals surface area (Å²) in [6, 6.07) is 16.2. The van der Waals surface area contributed by atoms with Gasteiger partial charge in [0.05, 0.1) is 18.4 Å². The molecule has 24 heavy (non-hydrogen) atoms. The lowest BCUT2D eigenvalue weighted by atomic mass is 10.1. The van der Waals surface area contributed by atoms with Gasteiger partial charge < -0.3 is 9.15 Å². The summed E-state index contributed by atoms with van der Waals surface area (Å²) in [5.74, 6) is 2.00. The second-order valence-corrected chi connectivity index (χ2v) is 7.20. The fourth-order valence-electron chi connectivity index (χ4n) is 2.39. The third-order valence-electron chi connectivity index (χ3n) is 3.54. The highest BCUT2D eigenvalue weighted by Gasteiger charge is 2.13. The van der Waals surface area contributed by atoms with E-state index < -0.39 is 0 Å². The number of ether oxygens (including phenoxy) is 1. The van der Waals surface area contributed by atoms with Gasteiger partial charge in [-0.05, 0) is 41.3 Å². The van der Waals surface area contributed by atoms with E-state index >= 15 is 0 Å². The van der Waals surface area contributed by atoms with Crippen LogP contribution < -0.4 is 4.74 Å². The van der Waals surface area contributed by atoms with Gasteiger partial charge in [-0.1, -0.05) is 18.2 Å². The molecule has 0 aliphatic rings. The molecule has 0 N–H and O–H groups in total. The predicted octanol–water partition coefficient (Wildman–Crippen LogP) is 5.13. The van der Waals surface area contributed by atoms with E-state index in [1.165, 1.54) is 9.75 Å². The Morgan fingerprint density at radius 3 is 2.75 bits per heavy atom. The Labute approximate surface area is 147 Å². The van der Waals surface area contributed by atoms with E-state index in [9.17, 15) is 0 Å². The van der Waals surface area contributed by atoms with Crippen LogP contribution in [0.25, 0.3) is 20.5 Å². The molecular weight excluding hydrogens is 340 g/mol. The smallest absolute Gasteiger partial charge is 0.257 e. The zero-order chi connectivity index (χ0) is 16.4. The Morgan fingerprint density at radius 2 is 1.92 bits per heavy atom. The number of thiophene rings is 2. The summed E-state index contributed by atoms with van der Waals surface area (Å²) in [7, 11) is 1.66. The first kappa shape index (κ1) is 15.1. The zero-order valence-electron chi connectivity index (χ0n) is 12.9. The molecule has 0 bridgehead atoms. The monoisotopic (exact) mass is 354 g/mol. The summed E-state index contributed by atoms with van der Waals surface area (Å²) in [6.07, 6.45) is 0.591. The highest BCUT2D eigenvalue weighted by atomic mass is 32.1. The molecule has 0 fully saturated rings. The summed E-state index contributed by atoms with van der Waals surface area (Å²) in [5.41, 5.74) is 1.08. The van der Waals surface area contributed by atoms with Crippen molar-refractivity contribution in [3.8, 4) is 26.3 Å². The molecule has 4 aromatic rings. The van der Waals surface area contributed by atoms with Gasteiger partial charge in [-0.25, -0.2) is 0 Å². The number of methoxy groups -OCH3 is 1. The first-order valence-corrected chi connectivity index (χ1v) is 9.11. The standard InChI is InChI=1S/C18H14N2O2S2/c1-21-13-5-2-4-12(10-13)11-17-19-20-18(22-17)16-8-7-15(24-16)14-6-3-9-23-14/h2-10H,11H2,1H3. The molecule has 0 spiro atoms. The van der Waals surface area contributed by atoms with Gasteiger partial charge >= 0.3 is 0 Å². The Balaban J connectivity index is 1.54. The summed E-state index contributed by atoms with van der Waals surface area (Å²) < 4.78 is 11.1. The highest BCUT2D eigenvalue weighted by molar-refractivity contribution is 7.23. The van der Waals surface area contributed by atoms with Crippen LogP contribution in [-0.2, 0) is 6.42 Å². The molecule has 3 aromatic heterocycles. The summed E-state index contributed by atoms with van der Waals surface area (Å²) in [5, 5.41) is 10.4. The van der Waals surface area contributed by atoms with E-state index in [1.807, 2.05) is 30.3 Å². The van der Waals surface area contributed by atoms with Gasteiger partial charge in [-0.15, -0.1) is 32.9 Å². The summed E-state index contributed by atoms with van der Waals surface area (Å²) in [6.45, 7) is 0. The van der Waals surface area contributed by atoms with Crippen molar-refractivity contribution in [3.05, 3.63) is 65.4 Å². The molecule has 1 aromatic carbocycles. The van der Waals surface area contributed by atoms with Gasteiger partial charge in [-0.2, -0.15) is 0 Å². The molecule has 0 saturated carbocycles. The quantitative estimate of drug-likeness (QED) is 0.499. The third kappa shape index (κ3) is 3.11. The number of hydrogen-bond donors (Lipinski definition) is 0. The number of benzene rings is 1. The van der Waals surface area contributed by atoms with Crippen LogP contribution in [0.15, 0.2) is 58.3 Å². The Bertz CT molecular complexity index is 942. The van der Waals surface area contributed by atoms with Crippen molar-refractivity contribution in [1.29, 1.82) is 0 Å². The molecule has 4 nitrogen and oxygen atoms in total. The Morgan fingerprint density at radius 1 is 1.00 bits per heavy atom. The minimum Gasteiger partial charge on any atom is -0.497 e. The SMILES string of the molecule is COc1cccc(Cc2nnc(-c3ccc(-c4cccs4)s3)o2)c1. The fraction of sp³-hybridized carbons (Fsp3) is 0.111. The van der Waals surface area contributed by atoms with Gasteiger partial charge in [-0.3, -0.25) is 0 Å². The summed E-state index contributed by atoms with van der Waals surface area (Å²) >= 11 is 3.39. The molecule has 0 atom stereocenters. The minimum absolute atomic E-state index is 0.570. The van der Waals surface area contributed by atoms with Crippen molar-refractivity contribution in [2.75, 3.05) is 7.11 Å². The van der Waals surface area contributed by atoms with Gasteiger partial charge in [0.1, 0.15) is 5.75 Å². The molecule has 0 radical (unpaired) electrons. The number of nitrogens with zero attached hydrogens (tertiary/aromatic N) is 2. The second-order valence-electron chi connectivity index (χ2n) is 5.17. The molecule has 4 rings (SSSR count). The maximum Gasteiger partial charge on any atom is 0.257 e. The van der Waals surface area contributed by atoms with Crippen LogP contribution in [0.1, 0.15) is 11.5 Å². The molecule has 0 aliphatic carbocycles. The van der Waals surface area contributed by atoms with Crippen molar-refractivity contribution in [2.24, 2.45) is 0 Å². The van der Waals surface area contributed by atoms with Crippen LogP contribution in [0.2, 0.25) is 0 Å². The van der Waals surface area contributed by atoms with E-state index in [-0.39, 0.29) is 0 Å². The minimum atomic E-state index is 0.570. The maximum absolute atomic E-state index is 5.83. The van der Waals surface area contributed by atoms with Crippen LogP contribution in [0.5, 0.6) is 5.75 Å². The van der Waals surface area contributed by atoms with Crippen molar-refractivity contribution in [3.63, 3.8) is 0 Å². The molecule has 0 aliphatic heterocycles. The van der Waals surface area contributed by atoms with Crippen LogP contribution in [0.4, 0.5) is 0 Å². The van der Waals surface area contributed by atoms with Gasteiger partial charge in [0.2, 0.25) is 5.89 Å². The van der Waals surface area contributed by atoms with Crippen molar-refractivity contribution in [2.45, 2.75) is 6.42 Å². The van der Waals surface area contributed by atoms with E-state index in [0.717, 1.165) is 16.2 Å². The van der Waals surface area contributed by atoms with Gasteiger partial charge in [0.25, 0.3) is 5.89 Å². The number of rotatable bonds is 5. The third-order valence-corrected chi connectivity index (χ3v) is 5.68. The molecule has 0 saturated heterocycles. The number of hydrogen-bond acceptors (Lipinski definition) is 6. The van der Waals surface area contributed by atoms with E-state index in [2.05, 4.69) is 33.8 Å². The van der Waals surface area contributed by atoms with Crippen LogP contribution in [0.3, 0.4) is 0 Å². The first-order chi connectivity index (χ1) is 11.8. The first-order valence-electron chi connectivity index (χ1n) is 7.41. The zero-order valence-corrected chi connectivity index (χ0v) is 14.6. The topological polar surface area (TPSA) is 48.2 Å². The van der Waals surface area contributed by atoms with Crippen LogP contribution in [-0.4, -0.2) is 17.3 Å². The molecule has 6 heteroatoms. The van der Waals surface area contributed by atoms with Crippen molar-refractivity contribution in [1.82, 2.24) is 10.2 Å². The lowest BCUT2D eigenvalue weighted by Crippen LogP contribution is -1.90. The largest absolute Gasteiger partial charge is 0.497 e. The van der Waals surface area contributed by atoms with Crippen molar-refractivity contribution >= 4 is 22.7 Å². The van der Waals surface area contributed by atoms with E-state index in [4.69, 9.17) is 9.15 Å². The molecule has 0 unspecified atom stereocenters. The average molecular weight is 354 g/mol. The number of aromatic nitrogens is 2. The van der Waals surface area contributed by atoms with Gasteiger partial charge in [0, 0.05) is 9.75 Å². The normalized spacial score (nSPS) is 10.9.